The number of rotatable bonds is 3. The van der Waals surface area contributed by atoms with Crippen molar-refractivity contribution in [2.45, 2.75) is 18.9 Å². The van der Waals surface area contributed by atoms with Gasteiger partial charge in [0.15, 0.2) is 11.6 Å². The Labute approximate surface area is 110 Å². The lowest BCUT2D eigenvalue weighted by molar-refractivity contribution is -0.117. The van der Waals surface area contributed by atoms with E-state index < -0.39 is 0 Å². The zero-order valence-electron chi connectivity index (χ0n) is 10.7. The van der Waals surface area contributed by atoms with Crippen LogP contribution in [0.5, 0.6) is 0 Å². The van der Waals surface area contributed by atoms with Gasteiger partial charge in [-0.25, -0.2) is 4.98 Å². The van der Waals surface area contributed by atoms with Crippen molar-refractivity contribution >= 4 is 11.7 Å². The molecule has 7 nitrogen and oxygen atoms in total. The molecule has 3 N–H and O–H groups in total. The molecule has 1 atom stereocenters. The quantitative estimate of drug-likeness (QED) is 0.750. The van der Waals surface area contributed by atoms with E-state index in [1.54, 1.807) is 12.3 Å². The third-order valence-corrected chi connectivity index (χ3v) is 3.27. The van der Waals surface area contributed by atoms with Crippen molar-refractivity contribution in [2.75, 3.05) is 11.9 Å². The van der Waals surface area contributed by atoms with Crippen LogP contribution >= 0.6 is 0 Å². The maximum absolute atomic E-state index is 11.9. The summed E-state index contributed by atoms with van der Waals surface area (Å²) in [4.78, 5) is 16.2. The summed E-state index contributed by atoms with van der Waals surface area (Å²) in [7, 11) is 1.91. The molecule has 2 aromatic heterocycles. The third kappa shape index (κ3) is 2.37. The molecule has 0 spiro atoms. The molecule has 1 unspecified atom stereocenters. The number of aromatic nitrogens is 4. The van der Waals surface area contributed by atoms with Gasteiger partial charge < -0.3 is 15.2 Å². The maximum Gasteiger partial charge on any atom is 0.242 e. The van der Waals surface area contributed by atoms with Crippen molar-refractivity contribution in [3.63, 3.8) is 0 Å². The number of carbonyl (C=O) groups excluding carboxylic acids is 1. The molecule has 1 amide bonds. The molecule has 0 radical (unpaired) electrons. The predicted molar refractivity (Wildman–Crippen MR) is 70.4 cm³/mol. The molecular weight excluding hydrogens is 244 g/mol. The minimum atomic E-state index is -0.103. The van der Waals surface area contributed by atoms with Crippen molar-refractivity contribution in [2.24, 2.45) is 7.05 Å². The van der Waals surface area contributed by atoms with Crippen LogP contribution in [-0.2, 0) is 11.8 Å². The van der Waals surface area contributed by atoms with E-state index in [4.69, 9.17) is 0 Å². The molecular formula is C12H16N6O. The van der Waals surface area contributed by atoms with Gasteiger partial charge >= 0.3 is 0 Å². The van der Waals surface area contributed by atoms with Crippen molar-refractivity contribution < 1.29 is 4.79 Å². The van der Waals surface area contributed by atoms with Crippen LogP contribution in [0.3, 0.4) is 0 Å². The van der Waals surface area contributed by atoms with E-state index >= 15 is 0 Å². The number of aryl methyl sites for hydroxylation is 1. The minimum absolute atomic E-state index is 0.0320. The summed E-state index contributed by atoms with van der Waals surface area (Å²) in [6.07, 6.45) is 5.49. The number of nitrogens with one attached hydrogen (secondary N) is 3. The highest BCUT2D eigenvalue weighted by molar-refractivity contribution is 5.94. The van der Waals surface area contributed by atoms with Gasteiger partial charge in [0.25, 0.3) is 0 Å². The molecule has 0 aromatic carbocycles. The van der Waals surface area contributed by atoms with Crippen molar-refractivity contribution in [3.05, 3.63) is 18.5 Å². The van der Waals surface area contributed by atoms with Crippen molar-refractivity contribution in [3.8, 4) is 11.5 Å². The molecule has 2 aromatic rings. The standard InChI is InChI=1S/C12H16N6O/c1-18-6-5-14-11(18)9-7-10(17-16-9)15-12(19)8-3-2-4-13-8/h5-8,13H,2-4H2,1H3,(H2,15,16,17,19). The van der Waals surface area contributed by atoms with Gasteiger partial charge in [0.2, 0.25) is 5.91 Å². The smallest absolute Gasteiger partial charge is 0.242 e. The van der Waals surface area contributed by atoms with E-state index in [2.05, 4.69) is 25.8 Å². The van der Waals surface area contributed by atoms with Crippen LogP contribution in [0.4, 0.5) is 5.82 Å². The second-order valence-corrected chi connectivity index (χ2v) is 4.67. The SMILES string of the molecule is Cn1ccnc1-c1cc(NC(=O)C2CCCN2)n[nH]1. The summed E-state index contributed by atoms with van der Waals surface area (Å²) < 4.78 is 1.89. The molecule has 1 saturated heterocycles. The number of hydrogen-bond donors (Lipinski definition) is 3. The fourth-order valence-electron chi connectivity index (χ4n) is 2.25. The number of nitrogens with zero attached hydrogens (tertiary/aromatic N) is 3. The van der Waals surface area contributed by atoms with Crippen LogP contribution in [0.15, 0.2) is 18.5 Å². The third-order valence-electron chi connectivity index (χ3n) is 3.27. The number of hydrogen-bond acceptors (Lipinski definition) is 4. The zero-order valence-corrected chi connectivity index (χ0v) is 10.7. The highest BCUT2D eigenvalue weighted by Gasteiger charge is 2.22. The van der Waals surface area contributed by atoms with Gasteiger partial charge in [-0.05, 0) is 19.4 Å². The Balaban J connectivity index is 1.71. The van der Waals surface area contributed by atoms with Crippen LogP contribution < -0.4 is 10.6 Å². The van der Waals surface area contributed by atoms with Crippen LogP contribution in [0.1, 0.15) is 12.8 Å². The zero-order chi connectivity index (χ0) is 13.2. The first-order valence-electron chi connectivity index (χ1n) is 6.31. The Morgan fingerprint density at radius 1 is 1.58 bits per heavy atom. The first kappa shape index (κ1) is 11.9. The lowest BCUT2D eigenvalue weighted by atomic mass is 10.2. The van der Waals surface area contributed by atoms with Gasteiger partial charge in [-0.15, -0.1) is 0 Å². The summed E-state index contributed by atoms with van der Waals surface area (Å²) in [6, 6.07) is 1.68. The van der Waals surface area contributed by atoms with E-state index in [0.29, 0.717) is 5.82 Å². The topological polar surface area (TPSA) is 87.6 Å². The number of H-pyrrole nitrogens is 1. The predicted octanol–water partition coefficient (Wildman–Crippen LogP) is 0.501. The molecule has 1 fully saturated rings. The molecule has 100 valence electrons. The highest BCUT2D eigenvalue weighted by Crippen LogP contribution is 2.17. The first-order valence-corrected chi connectivity index (χ1v) is 6.31. The maximum atomic E-state index is 11.9. The molecule has 7 heteroatoms. The number of anilines is 1. The van der Waals surface area contributed by atoms with Crippen LogP contribution in [0, 0.1) is 0 Å². The Bertz CT molecular complexity index is 581. The van der Waals surface area contributed by atoms with E-state index in [0.717, 1.165) is 30.9 Å². The number of amides is 1. The summed E-state index contributed by atoms with van der Waals surface area (Å²) in [5.74, 6) is 1.28. The highest BCUT2D eigenvalue weighted by atomic mass is 16.2. The van der Waals surface area contributed by atoms with Gasteiger partial charge in [-0.3, -0.25) is 9.89 Å². The van der Waals surface area contributed by atoms with Gasteiger partial charge in [0, 0.05) is 25.5 Å². The van der Waals surface area contributed by atoms with Crippen molar-refractivity contribution in [1.29, 1.82) is 0 Å². The number of imidazole rings is 1. The lowest BCUT2D eigenvalue weighted by Crippen LogP contribution is -2.35. The Morgan fingerprint density at radius 3 is 3.16 bits per heavy atom. The average Bonchev–Trinajstić information content (AvgIpc) is 3.08. The molecule has 3 rings (SSSR count). The van der Waals surface area contributed by atoms with E-state index in [1.165, 1.54) is 0 Å². The fourth-order valence-corrected chi connectivity index (χ4v) is 2.25. The monoisotopic (exact) mass is 260 g/mol. The summed E-state index contributed by atoms with van der Waals surface area (Å²) in [5.41, 5.74) is 0.780. The molecule has 0 aliphatic carbocycles. The molecule has 0 bridgehead atoms. The van der Waals surface area contributed by atoms with Crippen LogP contribution in [-0.4, -0.2) is 38.2 Å². The van der Waals surface area contributed by atoms with Crippen LogP contribution in [0.2, 0.25) is 0 Å². The largest absolute Gasteiger partial charge is 0.333 e. The van der Waals surface area contributed by atoms with E-state index in [-0.39, 0.29) is 11.9 Å². The Hall–Kier alpha value is -2.15. The molecule has 1 aliphatic rings. The van der Waals surface area contributed by atoms with Crippen LogP contribution in [0.25, 0.3) is 11.5 Å². The number of carbonyl (C=O) groups is 1. The summed E-state index contributed by atoms with van der Waals surface area (Å²) in [6.45, 7) is 0.900. The molecule has 19 heavy (non-hydrogen) atoms. The van der Waals surface area contributed by atoms with Gasteiger partial charge in [0.1, 0.15) is 5.69 Å². The van der Waals surface area contributed by atoms with Gasteiger partial charge in [-0.1, -0.05) is 0 Å². The van der Waals surface area contributed by atoms with E-state index in [1.807, 2.05) is 17.8 Å². The minimum Gasteiger partial charge on any atom is -0.333 e. The second-order valence-electron chi connectivity index (χ2n) is 4.67. The molecule has 3 heterocycles. The summed E-state index contributed by atoms with van der Waals surface area (Å²) >= 11 is 0. The summed E-state index contributed by atoms with van der Waals surface area (Å²) in [5, 5.41) is 12.9. The molecule has 1 aliphatic heterocycles. The first-order chi connectivity index (χ1) is 9.24. The lowest BCUT2D eigenvalue weighted by Gasteiger charge is -2.08. The Morgan fingerprint density at radius 2 is 2.47 bits per heavy atom. The van der Waals surface area contributed by atoms with Gasteiger partial charge in [-0.2, -0.15) is 5.10 Å². The fraction of sp³-hybridized carbons (Fsp3) is 0.417. The average molecular weight is 260 g/mol. The van der Waals surface area contributed by atoms with E-state index in [9.17, 15) is 4.79 Å². The second kappa shape index (κ2) is 4.85. The molecule has 0 saturated carbocycles. The normalized spacial score (nSPS) is 18.7. The Kier molecular flexibility index (Phi) is 3.04. The van der Waals surface area contributed by atoms with Crippen molar-refractivity contribution in [1.82, 2.24) is 25.1 Å². The number of aromatic amines is 1. The van der Waals surface area contributed by atoms with Gasteiger partial charge in [0.05, 0.1) is 6.04 Å².